The van der Waals surface area contributed by atoms with E-state index in [4.69, 9.17) is 27.9 Å². The number of sulfone groups is 1. The summed E-state index contributed by atoms with van der Waals surface area (Å²) in [5.41, 5.74) is 2.66. The predicted molar refractivity (Wildman–Crippen MR) is 149 cm³/mol. The van der Waals surface area contributed by atoms with Crippen molar-refractivity contribution >= 4 is 39.0 Å². The highest BCUT2D eigenvalue weighted by molar-refractivity contribution is 7.90. The minimum atomic E-state index is -2.92. The molecule has 1 aliphatic heterocycles. The summed E-state index contributed by atoms with van der Waals surface area (Å²) < 4.78 is 28.7. The topological polar surface area (TPSA) is 88.5 Å². The molecule has 0 amide bonds. The van der Waals surface area contributed by atoms with Crippen LogP contribution in [0.1, 0.15) is 25.3 Å². The van der Waals surface area contributed by atoms with E-state index in [2.05, 4.69) is 31.7 Å². The van der Waals surface area contributed by atoms with Gasteiger partial charge in [0.15, 0.2) is 5.75 Å². The first-order chi connectivity index (χ1) is 17.7. The van der Waals surface area contributed by atoms with Crippen molar-refractivity contribution in [1.29, 1.82) is 0 Å². The lowest BCUT2D eigenvalue weighted by Gasteiger charge is -2.34. The average Bonchev–Trinajstić information content (AvgIpc) is 2.84. The number of rotatable bonds is 10. The van der Waals surface area contributed by atoms with Crippen LogP contribution >= 0.6 is 23.2 Å². The maximum atomic E-state index is 11.3. The lowest BCUT2D eigenvalue weighted by Crippen LogP contribution is -2.47. The quantitative estimate of drug-likeness (QED) is 0.334. The van der Waals surface area contributed by atoms with Crippen LogP contribution < -0.4 is 9.64 Å². The smallest absolute Gasteiger partial charge is 0.225 e. The van der Waals surface area contributed by atoms with Gasteiger partial charge in [0.1, 0.15) is 9.84 Å². The Bertz CT molecular complexity index is 1290. The maximum Gasteiger partial charge on any atom is 0.225 e. The first-order valence-corrected chi connectivity index (χ1v) is 15.1. The SMILES string of the molecule is CCCc1cc(Oc2cnc(N3CCN(CCCS(C)(=O)=O)CC3)nc2)nc(-c2cc(Cl)cc(Cl)c2)c1. The fourth-order valence-electron chi connectivity index (χ4n) is 4.26. The van der Waals surface area contributed by atoms with Gasteiger partial charge in [-0.25, -0.2) is 23.4 Å². The Morgan fingerprint density at radius 2 is 1.65 bits per heavy atom. The molecule has 4 rings (SSSR count). The molecule has 0 N–H and O–H groups in total. The standard InChI is InChI=1S/C26H31Cl2N5O3S/c1-3-5-19-12-24(20-14-21(27)16-22(28)15-20)31-25(13-19)36-23-17-29-26(30-18-23)33-9-7-32(8-10-33)6-4-11-37(2,34)35/h12-18H,3-11H2,1-2H3. The van der Waals surface area contributed by atoms with Gasteiger partial charge in [0, 0.05) is 54.1 Å². The summed E-state index contributed by atoms with van der Waals surface area (Å²) in [5, 5.41) is 1.10. The zero-order valence-electron chi connectivity index (χ0n) is 21.0. The van der Waals surface area contributed by atoms with Crippen molar-refractivity contribution in [2.75, 3.05) is 49.6 Å². The van der Waals surface area contributed by atoms with Gasteiger partial charge in [-0.2, -0.15) is 0 Å². The number of hydrogen-bond donors (Lipinski definition) is 0. The molecule has 1 aliphatic rings. The van der Waals surface area contributed by atoms with E-state index in [1.165, 1.54) is 6.26 Å². The van der Waals surface area contributed by atoms with Gasteiger partial charge in [-0.3, -0.25) is 4.90 Å². The van der Waals surface area contributed by atoms with Crippen LogP contribution in [0.4, 0.5) is 5.95 Å². The molecule has 198 valence electrons. The van der Waals surface area contributed by atoms with Gasteiger partial charge in [0.2, 0.25) is 11.8 Å². The zero-order valence-corrected chi connectivity index (χ0v) is 23.4. The largest absolute Gasteiger partial charge is 0.436 e. The van der Waals surface area contributed by atoms with Crippen molar-refractivity contribution in [1.82, 2.24) is 19.9 Å². The molecule has 1 saturated heterocycles. The number of piperazine rings is 1. The van der Waals surface area contributed by atoms with Crippen LogP contribution in [0, 0.1) is 0 Å². The second kappa shape index (κ2) is 12.4. The molecule has 1 fully saturated rings. The molecule has 0 saturated carbocycles. The van der Waals surface area contributed by atoms with Crippen LogP contribution in [-0.4, -0.2) is 73.0 Å². The van der Waals surface area contributed by atoms with Gasteiger partial charge in [-0.15, -0.1) is 0 Å². The second-order valence-electron chi connectivity index (χ2n) is 9.24. The third-order valence-electron chi connectivity index (χ3n) is 6.04. The van der Waals surface area contributed by atoms with E-state index in [0.717, 1.165) is 62.4 Å². The summed E-state index contributed by atoms with van der Waals surface area (Å²) in [6.45, 7) is 6.16. The van der Waals surface area contributed by atoms with Crippen LogP contribution in [-0.2, 0) is 16.3 Å². The van der Waals surface area contributed by atoms with Gasteiger partial charge < -0.3 is 9.64 Å². The van der Waals surface area contributed by atoms with Crippen molar-refractivity contribution in [2.24, 2.45) is 0 Å². The fraction of sp³-hybridized carbons (Fsp3) is 0.423. The minimum absolute atomic E-state index is 0.225. The number of pyridine rings is 1. The maximum absolute atomic E-state index is 11.3. The molecular formula is C26H31Cl2N5O3S. The number of benzene rings is 1. The normalized spacial score (nSPS) is 14.6. The molecule has 0 atom stereocenters. The third-order valence-corrected chi connectivity index (χ3v) is 7.51. The Labute approximate surface area is 228 Å². The number of ether oxygens (including phenoxy) is 1. The zero-order chi connectivity index (χ0) is 26.4. The summed E-state index contributed by atoms with van der Waals surface area (Å²) in [5.74, 6) is 1.82. The lowest BCUT2D eigenvalue weighted by atomic mass is 10.1. The summed E-state index contributed by atoms with van der Waals surface area (Å²) in [6.07, 6.45) is 7.12. The average molecular weight is 565 g/mol. The van der Waals surface area contributed by atoms with Gasteiger partial charge in [-0.05, 0) is 49.2 Å². The van der Waals surface area contributed by atoms with Crippen molar-refractivity contribution < 1.29 is 13.2 Å². The van der Waals surface area contributed by atoms with E-state index in [1.54, 1.807) is 18.5 Å². The molecule has 2 aromatic heterocycles. The second-order valence-corrected chi connectivity index (χ2v) is 12.4. The molecule has 8 nitrogen and oxygen atoms in total. The van der Waals surface area contributed by atoms with Gasteiger partial charge in [-0.1, -0.05) is 36.5 Å². The molecule has 0 spiro atoms. The van der Waals surface area contributed by atoms with Gasteiger partial charge >= 0.3 is 0 Å². The van der Waals surface area contributed by atoms with Crippen LogP contribution in [0.3, 0.4) is 0 Å². The molecule has 0 radical (unpaired) electrons. The summed E-state index contributed by atoms with van der Waals surface area (Å²) in [6, 6.07) is 9.31. The van der Waals surface area contributed by atoms with Gasteiger partial charge in [0.25, 0.3) is 0 Å². The van der Waals surface area contributed by atoms with E-state index in [1.807, 2.05) is 24.3 Å². The minimum Gasteiger partial charge on any atom is -0.436 e. The highest BCUT2D eigenvalue weighted by Crippen LogP contribution is 2.30. The fourth-order valence-corrected chi connectivity index (χ4v) is 5.44. The molecule has 11 heteroatoms. The number of aryl methyl sites for hydroxylation is 1. The molecule has 0 unspecified atom stereocenters. The molecule has 37 heavy (non-hydrogen) atoms. The first kappa shape index (κ1) is 27.6. The number of nitrogens with zero attached hydrogens (tertiary/aromatic N) is 5. The highest BCUT2D eigenvalue weighted by atomic mass is 35.5. The molecule has 3 heterocycles. The Morgan fingerprint density at radius 1 is 0.973 bits per heavy atom. The van der Waals surface area contributed by atoms with Crippen LogP contribution in [0.25, 0.3) is 11.3 Å². The monoisotopic (exact) mass is 563 g/mol. The molecule has 0 aliphatic carbocycles. The first-order valence-electron chi connectivity index (χ1n) is 12.3. The van der Waals surface area contributed by atoms with E-state index >= 15 is 0 Å². The summed E-state index contributed by atoms with van der Waals surface area (Å²) >= 11 is 12.4. The van der Waals surface area contributed by atoms with Crippen LogP contribution in [0.5, 0.6) is 11.6 Å². The van der Waals surface area contributed by atoms with E-state index in [0.29, 0.717) is 34.0 Å². The Kier molecular flexibility index (Phi) is 9.23. The summed E-state index contributed by atoms with van der Waals surface area (Å²) in [4.78, 5) is 18.1. The Hall–Kier alpha value is -2.46. The number of aromatic nitrogens is 3. The third kappa shape index (κ3) is 8.26. The van der Waals surface area contributed by atoms with Crippen molar-refractivity contribution in [2.45, 2.75) is 26.2 Å². The van der Waals surface area contributed by atoms with Gasteiger partial charge in [0.05, 0.1) is 23.8 Å². The number of anilines is 1. The van der Waals surface area contributed by atoms with Crippen molar-refractivity contribution in [3.8, 4) is 22.9 Å². The predicted octanol–water partition coefficient (Wildman–Crippen LogP) is 5.15. The molecule has 3 aromatic rings. The van der Waals surface area contributed by atoms with Crippen molar-refractivity contribution in [3.63, 3.8) is 0 Å². The van der Waals surface area contributed by atoms with E-state index in [9.17, 15) is 8.42 Å². The van der Waals surface area contributed by atoms with Crippen molar-refractivity contribution in [3.05, 3.63) is 58.3 Å². The summed E-state index contributed by atoms with van der Waals surface area (Å²) in [7, 11) is -2.92. The Balaban J connectivity index is 1.40. The van der Waals surface area contributed by atoms with E-state index < -0.39 is 9.84 Å². The number of hydrogen-bond acceptors (Lipinski definition) is 8. The lowest BCUT2D eigenvalue weighted by molar-refractivity contribution is 0.257. The molecular weight excluding hydrogens is 533 g/mol. The molecule has 1 aromatic carbocycles. The van der Waals surface area contributed by atoms with Crippen LogP contribution in [0.15, 0.2) is 42.7 Å². The van der Waals surface area contributed by atoms with Crippen LogP contribution in [0.2, 0.25) is 10.0 Å². The number of halogens is 2. The Morgan fingerprint density at radius 3 is 2.27 bits per heavy atom. The molecule has 0 bridgehead atoms. The highest BCUT2D eigenvalue weighted by Gasteiger charge is 2.19. The van der Waals surface area contributed by atoms with E-state index in [-0.39, 0.29) is 5.75 Å².